The van der Waals surface area contributed by atoms with Gasteiger partial charge in [-0.2, -0.15) is 0 Å². The van der Waals surface area contributed by atoms with E-state index < -0.39 is 29.0 Å². The van der Waals surface area contributed by atoms with Crippen LogP contribution < -0.4 is 10.9 Å². The molecule has 6 nitrogen and oxygen atoms in total. The van der Waals surface area contributed by atoms with Crippen LogP contribution in [0.15, 0.2) is 36.4 Å². The van der Waals surface area contributed by atoms with Gasteiger partial charge in [-0.25, -0.2) is 13.2 Å². The number of benzene rings is 2. The molecular weight excluding hydrogens is 363 g/mol. The van der Waals surface area contributed by atoms with Crippen LogP contribution in [-0.2, 0) is 16.1 Å². The average Bonchev–Trinajstić information content (AvgIpc) is 2.98. The number of nitrogens with zero attached hydrogens (tertiary/aromatic N) is 1. The molecule has 1 aliphatic heterocycles. The lowest BCUT2D eigenvalue weighted by atomic mass is 10.1. The van der Waals surface area contributed by atoms with Crippen molar-refractivity contribution >= 4 is 23.4 Å². The summed E-state index contributed by atoms with van der Waals surface area (Å²) in [5.74, 6) is -5.55. The van der Waals surface area contributed by atoms with E-state index in [9.17, 15) is 27.6 Å². The Hall–Kier alpha value is -3.36. The van der Waals surface area contributed by atoms with E-state index in [1.807, 2.05) is 0 Å². The number of carbonyl (C=O) groups is 3. The number of hydrogen-bond acceptors (Lipinski definition) is 4. The fraction of sp³-hybridized carbons (Fsp3) is 0.167. The summed E-state index contributed by atoms with van der Waals surface area (Å²) >= 11 is 0. The van der Waals surface area contributed by atoms with Crippen molar-refractivity contribution in [2.24, 2.45) is 0 Å². The Bertz CT molecular complexity index is 900. The molecule has 0 unspecified atom stereocenters. The van der Waals surface area contributed by atoms with Crippen LogP contribution >= 0.6 is 0 Å². The number of amides is 3. The molecule has 1 fully saturated rings. The van der Waals surface area contributed by atoms with Crippen molar-refractivity contribution in [3.8, 4) is 0 Å². The number of likely N-dealkylation sites (tertiary alicyclic amines) is 1. The van der Waals surface area contributed by atoms with Gasteiger partial charge in [0.2, 0.25) is 11.8 Å². The molecule has 0 aliphatic carbocycles. The first-order valence-corrected chi connectivity index (χ1v) is 7.99. The van der Waals surface area contributed by atoms with Gasteiger partial charge < -0.3 is 0 Å². The van der Waals surface area contributed by atoms with Gasteiger partial charge in [-0.3, -0.25) is 30.1 Å². The lowest BCUT2D eigenvalue weighted by Crippen LogP contribution is -2.30. The van der Waals surface area contributed by atoms with Crippen LogP contribution in [0, 0.1) is 17.5 Å². The predicted octanol–water partition coefficient (Wildman–Crippen LogP) is 2.51. The first-order chi connectivity index (χ1) is 12.9. The molecule has 140 valence electrons. The molecule has 27 heavy (non-hydrogen) atoms. The first kappa shape index (κ1) is 18.4. The van der Waals surface area contributed by atoms with Crippen molar-refractivity contribution in [1.29, 1.82) is 0 Å². The second-order valence-corrected chi connectivity index (χ2v) is 5.87. The quantitative estimate of drug-likeness (QED) is 0.477. The molecule has 3 amide bonds. The van der Waals surface area contributed by atoms with Gasteiger partial charge in [0.05, 0.1) is 12.2 Å². The highest BCUT2D eigenvalue weighted by Crippen LogP contribution is 2.19. The van der Waals surface area contributed by atoms with Gasteiger partial charge in [0.25, 0.3) is 5.91 Å². The second-order valence-electron chi connectivity index (χ2n) is 5.87. The van der Waals surface area contributed by atoms with Gasteiger partial charge in [0.15, 0.2) is 17.5 Å². The summed E-state index contributed by atoms with van der Waals surface area (Å²) < 4.78 is 39.6. The monoisotopic (exact) mass is 377 g/mol. The maximum absolute atomic E-state index is 13.5. The summed E-state index contributed by atoms with van der Waals surface area (Å²) in [5, 5.41) is 0. The number of hydrazine groups is 1. The normalized spacial score (nSPS) is 13.8. The van der Waals surface area contributed by atoms with E-state index in [1.165, 1.54) is 12.1 Å². The van der Waals surface area contributed by atoms with Crippen LogP contribution in [0.5, 0.6) is 0 Å². The molecule has 0 atom stereocenters. The summed E-state index contributed by atoms with van der Waals surface area (Å²) in [6, 6.07) is 7.74. The van der Waals surface area contributed by atoms with Crippen molar-refractivity contribution in [2.45, 2.75) is 19.4 Å². The highest BCUT2D eigenvalue weighted by molar-refractivity contribution is 6.01. The van der Waals surface area contributed by atoms with Crippen molar-refractivity contribution in [3.05, 3.63) is 65.0 Å². The van der Waals surface area contributed by atoms with Gasteiger partial charge in [0, 0.05) is 18.4 Å². The largest absolute Gasteiger partial charge is 0.295 e. The van der Waals surface area contributed by atoms with Crippen molar-refractivity contribution in [1.82, 2.24) is 10.3 Å². The maximum Gasteiger partial charge on any atom is 0.269 e. The van der Waals surface area contributed by atoms with E-state index in [4.69, 9.17) is 0 Å². The molecule has 0 bridgehead atoms. The lowest BCUT2D eigenvalue weighted by Gasteiger charge is -2.14. The van der Waals surface area contributed by atoms with Crippen LogP contribution in [0.4, 0.5) is 18.9 Å². The molecule has 9 heteroatoms. The second kappa shape index (κ2) is 7.48. The van der Waals surface area contributed by atoms with Crippen LogP contribution in [0.2, 0.25) is 0 Å². The third kappa shape index (κ3) is 3.91. The average molecular weight is 377 g/mol. The minimum atomic E-state index is -1.65. The smallest absolute Gasteiger partial charge is 0.269 e. The zero-order valence-electron chi connectivity index (χ0n) is 13.9. The molecule has 1 saturated heterocycles. The van der Waals surface area contributed by atoms with Gasteiger partial charge >= 0.3 is 0 Å². The van der Waals surface area contributed by atoms with Gasteiger partial charge in [-0.15, -0.1) is 0 Å². The SMILES string of the molecule is O=C(NNc1ccc(F)c(F)c1F)c1ccc(CN2C(=O)CCC2=O)cc1. The molecule has 0 spiro atoms. The van der Waals surface area contributed by atoms with E-state index in [2.05, 4.69) is 10.9 Å². The van der Waals surface area contributed by atoms with E-state index in [0.29, 0.717) is 5.56 Å². The first-order valence-electron chi connectivity index (χ1n) is 7.99. The third-order valence-electron chi connectivity index (χ3n) is 4.06. The molecule has 0 aromatic heterocycles. The van der Waals surface area contributed by atoms with Crippen LogP contribution in [0.1, 0.15) is 28.8 Å². The van der Waals surface area contributed by atoms with Gasteiger partial charge in [0.1, 0.15) is 0 Å². The molecular formula is C18H14F3N3O3. The zero-order valence-corrected chi connectivity index (χ0v) is 13.9. The van der Waals surface area contributed by atoms with Gasteiger partial charge in [-0.1, -0.05) is 12.1 Å². The van der Waals surface area contributed by atoms with E-state index in [1.54, 1.807) is 12.1 Å². The van der Waals surface area contributed by atoms with E-state index >= 15 is 0 Å². The summed E-state index contributed by atoms with van der Waals surface area (Å²) in [6.07, 6.45) is 0.400. The Morgan fingerprint density at radius 1 is 0.926 bits per heavy atom. The Kier molecular flexibility index (Phi) is 5.11. The Morgan fingerprint density at radius 2 is 1.56 bits per heavy atom. The molecule has 2 N–H and O–H groups in total. The van der Waals surface area contributed by atoms with Crippen LogP contribution in [0.3, 0.4) is 0 Å². The number of imide groups is 1. The summed E-state index contributed by atoms with van der Waals surface area (Å²) in [7, 11) is 0. The number of rotatable bonds is 5. The molecule has 3 rings (SSSR count). The highest BCUT2D eigenvalue weighted by atomic mass is 19.2. The van der Waals surface area contributed by atoms with Crippen LogP contribution in [0.25, 0.3) is 0 Å². The Balaban J connectivity index is 1.62. The molecule has 0 saturated carbocycles. The zero-order chi connectivity index (χ0) is 19.6. The molecule has 2 aromatic rings. The standard InChI is InChI=1S/C18H14F3N3O3/c19-12-5-6-13(17(21)16(12)20)22-23-18(27)11-3-1-10(2-4-11)9-24-14(25)7-8-15(24)26/h1-6,22H,7-9H2,(H,23,27). The predicted molar refractivity (Wildman–Crippen MR) is 88.6 cm³/mol. The number of anilines is 1. The highest BCUT2D eigenvalue weighted by Gasteiger charge is 2.28. The number of nitrogens with one attached hydrogen (secondary N) is 2. The molecule has 1 aliphatic rings. The number of halogens is 3. The molecule has 1 heterocycles. The molecule has 2 aromatic carbocycles. The minimum absolute atomic E-state index is 0.123. The van der Waals surface area contributed by atoms with Crippen LogP contribution in [-0.4, -0.2) is 22.6 Å². The van der Waals surface area contributed by atoms with Crippen molar-refractivity contribution < 1.29 is 27.6 Å². The fourth-order valence-corrected chi connectivity index (χ4v) is 2.56. The lowest BCUT2D eigenvalue weighted by molar-refractivity contribution is -0.139. The van der Waals surface area contributed by atoms with Crippen molar-refractivity contribution in [2.75, 3.05) is 5.43 Å². The summed E-state index contributed by atoms with van der Waals surface area (Å²) in [4.78, 5) is 36.4. The summed E-state index contributed by atoms with van der Waals surface area (Å²) in [6.45, 7) is 0.123. The third-order valence-corrected chi connectivity index (χ3v) is 4.06. The number of carbonyl (C=O) groups excluding carboxylic acids is 3. The van der Waals surface area contributed by atoms with Crippen molar-refractivity contribution in [3.63, 3.8) is 0 Å². The van der Waals surface area contributed by atoms with E-state index in [-0.39, 0.29) is 36.8 Å². The topological polar surface area (TPSA) is 78.5 Å². The Morgan fingerprint density at radius 3 is 2.19 bits per heavy atom. The van der Waals surface area contributed by atoms with E-state index in [0.717, 1.165) is 17.0 Å². The maximum atomic E-state index is 13.5. The molecule has 0 radical (unpaired) electrons. The fourth-order valence-electron chi connectivity index (χ4n) is 2.56. The van der Waals surface area contributed by atoms with Gasteiger partial charge in [-0.05, 0) is 29.8 Å². The Labute approximate surface area is 151 Å². The number of hydrogen-bond donors (Lipinski definition) is 2. The summed E-state index contributed by atoms with van der Waals surface area (Å²) in [5.41, 5.74) is 4.80. The minimum Gasteiger partial charge on any atom is -0.295 e.